The number of hydrogen-bond donors (Lipinski definition) is 2. The molecule has 1 aliphatic heterocycles. The van der Waals surface area contributed by atoms with Crippen molar-refractivity contribution in [1.29, 1.82) is 0 Å². The van der Waals surface area contributed by atoms with E-state index in [9.17, 15) is 4.79 Å². The number of aryl methyl sites for hydroxylation is 1. The SMILES string of the molecule is Cn1ccnc1CCNC(=O)C1CCNc2ccccc21. The largest absolute Gasteiger partial charge is 0.385 e. The molecule has 0 spiro atoms. The van der Waals surface area contributed by atoms with E-state index >= 15 is 0 Å². The van der Waals surface area contributed by atoms with Crippen molar-refractivity contribution in [2.24, 2.45) is 7.05 Å². The van der Waals surface area contributed by atoms with Crippen molar-refractivity contribution >= 4 is 11.6 Å². The number of imidazole rings is 1. The lowest BCUT2D eigenvalue weighted by Gasteiger charge is -2.25. The zero-order valence-electron chi connectivity index (χ0n) is 12.2. The van der Waals surface area contributed by atoms with Gasteiger partial charge in [-0.1, -0.05) is 18.2 Å². The van der Waals surface area contributed by atoms with E-state index in [-0.39, 0.29) is 11.8 Å². The molecule has 2 aromatic rings. The van der Waals surface area contributed by atoms with Crippen LogP contribution in [0.15, 0.2) is 36.7 Å². The van der Waals surface area contributed by atoms with Crippen molar-refractivity contribution in [1.82, 2.24) is 14.9 Å². The van der Waals surface area contributed by atoms with Crippen LogP contribution in [0.4, 0.5) is 5.69 Å². The smallest absolute Gasteiger partial charge is 0.227 e. The third-order valence-corrected chi connectivity index (χ3v) is 3.97. The minimum atomic E-state index is -0.0520. The summed E-state index contributed by atoms with van der Waals surface area (Å²) in [6.45, 7) is 1.46. The Morgan fingerprint density at radius 2 is 2.33 bits per heavy atom. The zero-order chi connectivity index (χ0) is 14.7. The lowest BCUT2D eigenvalue weighted by atomic mass is 9.90. The van der Waals surface area contributed by atoms with Crippen LogP contribution in [0.5, 0.6) is 0 Å². The van der Waals surface area contributed by atoms with E-state index < -0.39 is 0 Å². The maximum Gasteiger partial charge on any atom is 0.227 e. The number of benzene rings is 1. The van der Waals surface area contributed by atoms with Crippen molar-refractivity contribution < 1.29 is 4.79 Å². The number of amides is 1. The molecule has 2 N–H and O–H groups in total. The van der Waals surface area contributed by atoms with Gasteiger partial charge in [0.25, 0.3) is 0 Å². The van der Waals surface area contributed by atoms with Gasteiger partial charge in [0.2, 0.25) is 5.91 Å². The second-order valence-electron chi connectivity index (χ2n) is 5.35. The number of anilines is 1. The van der Waals surface area contributed by atoms with Crippen molar-refractivity contribution in [2.45, 2.75) is 18.8 Å². The Labute approximate surface area is 124 Å². The number of hydrogen-bond acceptors (Lipinski definition) is 3. The van der Waals surface area contributed by atoms with E-state index in [1.165, 1.54) is 0 Å². The quantitative estimate of drug-likeness (QED) is 0.898. The van der Waals surface area contributed by atoms with Crippen LogP contribution in [0.25, 0.3) is 0 Å². The summed E-state index contributed by atoms with van der Waals surface area (Å²) < 4.78 is 1.98. The molecule has 0 saturated carbocycles. The van der Waals surface area contributed by atoms with E-state index in [4.69, 9.17) is 0 Å². The van der Waals surface area contributed by atoms with Gasteiger partial charge >= 0.3 is 0 Å². The molecule has 2 heterocycles. The van der Waals surface area contributed by atoms with Crippen LogP contribution in [-0.2, 0) is 18.3 Å². The molecule has 1 aromatic heterocycles. The Hall–Kier alpha value is -2.30. The number of nitrogens with zero attached hydrogens (tertiary/aromatic N) is 2. The molecule has 1 unspecified atom stereocenters. The molecule has 0 radical (unpaired) electrons. The van der Waals surface area contributed by atoms with Gasteiger partial charge in [0.15, 0.2) is 0 Å². The number of para-hydroxylation sites is 1. The first-order valence-corrected chi connectivity index (χ1v) is 7.32. The molecule has 21 heavy (non-hydrogen) atoms. The van der Waals surface area contributed by atoms with Gasteiger partial charge < -0.3 is 15.2 Å². The van der Waals surface area contributed by atoms with Gasteiger partial charge in [-0.15, -0.1) is 0 Å². The zero-order valence-corrected chi connectivity index (χ0v) is 12.2. The first-order valence-electron chi connectivity index (χ1n) is 7.32. The monoisotopic (exact) mass is 284 g/mol. The molecule has 0 saturated heterocycles. The summed E-state index contributed by atoms with van der Waals surface area (Å²) in [6, 6.07) is 8.04. The highest BCUT2D eigenvalue weighted by atomic mass is 16.1. The first kappa shape index (κ1) is 13.7. The lowest BCUT2D eigenvalue weighted by molar-refractivity contribution is -0.122. The molecule has 1 amide bonds. The minimum absolute atomic E-state index is 0.0520. The average molecular weight is 284 g/mol. The van der Waals surface area contributed by atoms with Gasteiger partial charge in [0, 0.05) is 44.6 Å². The molecule has 1 aromatic carbocycles. The van der Waals surface area contributed by atoms with E-state index in [1.54, 1.807) is 6.20 Å². The summed E-state index contributed by atoms with van der Waals surface area (Å²) in [5.74, 6) is 1.04. The van der Waals surface area contributed by atoms with E-state index in [0.29, 0.717) is 6.54 Å². The predicted molar refractivity (Wildman–Crippen MR) is 82.2 cm³/mol. The molecule has 5 nitrogen and oxygen atoms in total. The van der Waals surface area contributed by atoms with Gasteiger partial charge in [0.1, 0.15) is 5.82 Å². The maximum absolute atomic E-state index is 12.4. The third kappa shape index (κ3) is 2.91. The van der Waals surface area contributed by atoms with Crippen LogP contribution in [0, 0.1) is 0 Å². The van der Waals surface area contributed by atoms with Crippen LogP contribution < -0.4 is 10.6 Å². The average Bonchev–Trinajstić information content (AvgIpc) is 2.92. The molecule has 0 fully saturated rings. The van der Waals surface area contributed by atoms with E-state index in [2.05, 4.69) is 15.6 Å². The third-order valence-electron chi connectivity index (χ3n) is 3.97. The van der Waals surface area contributed by atoms with E-state index in [0.717, 1.165) is 36.5 Å². The second-order valence-corrected chi connectivity index (χ2v) is 5.35. The van der Waals surface area contributed by atoms with Gasteiger partial charge in [-0.3, -0.25) is 4.79 Å². The molecule has 3 rings (SSSR count). The van der Waals surface area contributed by atoms with Crippen molar-refractivity contribution in [3.63, 3.8) is 0 Å². The Kier molecular flexibility index (Phi) is 3.90. The number of carbonyl (C=O) groups excluding carboxylic acids is 1. The Morgan fingerprint density at radius 3 is 3.14 bits per heavy atom. The molecule has 1 atom stereocenters. The van der Waals surface area contributed by atoms with Gasteiger partial charge in [0.05, 0.1) is 5.92 Å². The Bertz CT molecular complexity index is 635. The lowest BCUT2D eigenvalue weighted by Crippen LogP contribution is -2.34. The summed E-state index contributed by atoms with van der Waals surface area (Å²) in [5, 5.41) is 6.38. The molecule has 0 bridgehead atoms. The summed E-state index contributed by atoms with van der Waals surface area (Å²) in [6.07, 6.45) is 5.29. The molecule has 0 aliphatic carbocycles. The van der Waals surface area contributed by atoms with Crippen LogP contribution >= 0.6 is 0 Å². The molecular weight excluding hydrogens is 264 g/mol. The van der Waals surface area contributed by atoms with Crippen molar-refractivity contribution in [2.75, 3.05) is 18.4 Å². The highest BCUT2D eigenvalue weighted by Crippen LogP contribution is 2.31. The number of nitrogens with one attached hydrogen (secondary N) is 2. The Morgan fingerprint density at radius 1 is 1.48 bits per heavy atom. The van der Waals surface area contributed by atoms with Gasteiger partial charge in [-0.2, -0.15) is 0 Å². The van der Waals surface area contributed by atoms with E-state index in [1.807, 2.05) is 42.1 Å². The van der Waals surface area contributed by atoms with Gasteiger partial charge in [-0.05, 0) is 18.1 Å². The molecule has 110 valence electrons. The number of fused-ring (bicyclic) bond motifs is 1. The molecule has 5 heteroatoms. The topological polar surface area (TPSA) is 59.0 Å². The first-order chi connectivity index (χ1) is 10.3. The second kappa shape index (κ2) is 5.99. The fourth-order valence-electron chi connectivity index (χ4n) is 2.80. The normalized spacial score (nSPS) is 16.9. The predicted octanol–water partition coefficient (Wildman–Crippen LogP) is 1.68. The fraction of sp³-hybridized carbons (Fsp3) is 0.375. The molecule has 1 aliphatic rings. The van der Waals surface area contributed by atoms with Crippen molar-refractivity contribution in [3.8, 4) is 0 Å². The summed E-state index contributed by atoms with van der Waals surface area (Å²) >= 11 is 0. The fourth-order valence-corrected chi connectivity index (χ4v) is 2.80. The highest BCUT2D eigenvalue weighted by Gasteiger charge is 2.25. The summed E-state index contributed by atoms with van der Waals surface area (Å²) in [5.41, 5.74) is 2.17. The maximum atomic E-state index is 12.4. The number of aromatic nitrogens is 2. The van der Waals surface area contributed by atoms with Crippen LogP contribution in [-0.4, -0.2) is 28.5 Å². The van der Waals surface area contributed by atoms with Crippen LogP contribution in [0.2, 0.25) is 0 Å². The number of carbonyl (C=O) groups is 1. The molecular formula is C16H20N4O. The van der Waals surface area contributed by atoms with Crippen LogP contribution in [0.3, 0.4) is 0 Å². The van der Waals surface area contributed by atoms with Gasteiger partial charge in [-0.25, -0.2) is 4.98 Å². The highest BCUT2D eigenvalue weighted by molar-refractivity contribution is 5.86. The standard InChI is InChI=1S/C16H20N4O/c1-20-11-10-18-15(20)7-9-19-16(21)13-6-8-17-14-5-3-2-4-12(13)14/h2-5,10-11,13,17H,6-9H2,1H3,(H,19,21). The Balaban J connectivity index is 1.60. The van der Waals surface area contributed by atoms with Crippen molar-refractivity contribution in [3.05, 3.63) is 48.0 Å². The minimum Gasteiger partial charge on any atom is -0.385 e. The summed E-state index contributed by atoms with van der Waals surface area (Å²) in [4.78, 5) is 16.7. The number of rotatable bonds is 4. The van der Waals surface area contributed by atoms with Crippen LogP contribution in [0.1, 0.15) is 23.7 Å². The summed E-state index contributed by atoms with van der Waals surface area (Å²) in [7, 11) is 1.97.